The summed E-state index contributed by atoms with van der Waals surface area (Å²) in [5.74, 6) is -2.23. The molecule has 0 spiro atoms. The zero-order valence-corrected chi connectivity index (χ0v) is 20.2. The number of esters is 1. The maximum Gasteiger partial charge on any atom is 0.338 e. The van der Waals surface area contributed by atoms with Gasteiger partial charge < -0.3 is 25.4 Å². The van der Waals surface area contributed by atoms with Gasteiger partial charge in [0.05, 0.1) is 23.9 Å². The molecule has 9 nitrogen and oxygen atoms in total. The third kappa shape index (κ3) is 6.36. The number of amides is 4. The minimum absolute atomic E-state index is 0.0627. The van der Waals surface area contributed by atoms with Crippen molar-refractivity contribution in [2.75, 3.05) is 37.5 Å². The topological polar surface area (TPSA) is 109 Å². The highest BCUT2D eigenvalue weighted by Gasteiger charge is 2.36. The number of allylic oxidation sites excluding steroid dienone is 1. The molecule has 1 aliphatic rings. The monoisotopic (exact) mass is 502 g/mol. The van der Waals surface area contributed by atoms with Crippen molar-refractivity contribution in [1.29, 1.82) is 0 Å². The number of anilines is 2. The highest BCUT2D eigenvalue weighted by atomic mass is 19.1. The zero-order valence-electron chi connectivity index (χ0n) is 20.2. The molecular formula is C25H28F2N4O5. The summed E-state index contributed by atoms with van der Waals surface area (Å²) in [5, 5.41) is 7.70. The second-order valence-corrected chi connectivity index (χ2v) is 7.99. The van der Waals surface area contributed by atoms with Crippen molar-refractivity contribution in [3.05, 3.63) is 70.9 Å². The van der Waals surface area contributed by atoms with E-state index >= 15 is 0 Å². The Hall–Kier alpha value is -3.99. The number of benzene rings is 2. The number of nitrogens with zero attached hydrogens (tertiary/aromatic N) is 1. The van der Waals surface area contributed by atoms with Gasteiger partial charge in [-0.1, -0.05) is 19.1 Å². The summed E-state index contributed by atoms with van der Waals surface area (Å²) in [7, 11) is 1.50. The average molecular weight is 503 g/mol. The molecule has 0 fully saturated rings. The van der Waals surface area contributed by atoms with Crippen LogP contribution in [0.3, 0.4) is 0 Å². The fourth-order valence-corrected chi connectivity index (χ4v) is 3.72. The number of hydrogen-bond acceptors (Lipinski definition) is 5. The molecule has 11 heteroatoms. The van der Waals surface area contributed by atoms with Gasteiger partial charge in [0.25, 0.3) is 0 Å². The van der Waals surface area contributed by atoms with E-state index in [9.17, 15) is 23.2 Å². The van der Waals surface area contributed by atoms with Crippen LogP contribution in [0.2, 0.25) is 0 Å². The van der Waals surface area contributed by atoms with Gasteiger partial charge >= 0.3 is 18.0 Å². The molecule has 1 aliphatic heterocycles. The first-order valence-electron chi connectivity index (χ1n) is 11.3. The summed E-state index contributed by atoms with van der Waals surface area (Å²) in [6, 6.07) is 7.41. The Balaban J connectivity index is 1.78. The first kappa shape index (κ1) is 26.6. The van der Waals surface area contributed by atoms with E-state index in [4.69, 9.17) is 9.47 Å². The normalized spacial score (nSPS) is 15.4. The number of urea groups is 2. The van der Waals surface area contributed by atoms with Gasteiger partial charge in [0.2, 0.25) is 0 Å². The van der Waals surface area contributed by atoms with Crippen LogP contribution in [0.5, 0.6) is 0 Å². The second kappa shape index (κ2) is 12.1. The molecule has 1 atom stereocenters. The van der Waals surface area contributed by atoms with Gasteiger partial charge in [-0.15, -0.1) is 0 Å². The second-order valence-electron chi connectivity index (χ2n) is 7.99. The molecule has 0 aromatic heterocycles. The van der Waals surface area contributed by atoms with Crippen LogP contribution in [-0.4, -0.2) is 49.8 Å². The van der Waals surface area contributed by atoms with Gasteiger partial charge in [-0.05, 0) is 43.2 Å². The molecule has 0 aliphatic carbocycles. The van der Waals surface area contributed by atoms with E-state index < -0.39 is 29.7 Å². The number of halogens is 2. The summed E-state index contributed by atoms with van der Waals surface area (Å²) < 4.78 is 37.1. The van der Waals surface area contributed by atoms with Gasteiger partial charge in [0.1, 0.15) is 18.2 Å². The van der Waals surface area contributed by atoms with Gasteiger partial charge in [-0.25, -0.2) is 23.2 Å². The number of ether oxygens (including phenoxy) is 2. The quantitative estimate of drug-likeness (QED) is 0.344. The predicted octanol–water partition coefficient (Wildman–Crippen LogP) is 4.55. The lowest BCUT2D eigenvalue weighted by atomic mass is 9.94. The molecule has 0 saturated carbocycles. The van der Waals surface area contributed by atoms with E-state index in [2.05, 4.69) is 16.0 Å². The first-order valence-corrected chi connectivity index (χ1v) is 11.3. The Morgan fingerprint density at radius 2 is 1.81 bits per heavy atom. The smallest absolute Gasteiger partial charge is 0.338 e. The molecule has 1 heterocycles. The van der Waals surface area contributed by atoms with Crippen LogP contribution < -0.4 is 16.0 Å². The maximum atomic E-state index is 13.8. The molecule has 3 N–H and O–H groups in total. The molecule has 4 amide bonds. The fourth-order valence-electron chi connectivity index (χ4n) is 3.72. The van der Waals surface area contributed by atoms with Crippen molar-refractivity contribution < 1.29 is 32.6 Å². The summed E-state index contributed by atoms with van der Waals surface area (Å²) >= 11 is 0. The zero-order chi connectivity index (χ0) is 26.2. The summed E-state index contributed by atoms with van der Waals surface area (Å²) in [5.41, 5.74) is 1.58. The molecule has 3 rings (SSSR count). The van der Waals surface area contributed by atoms with Crippen LogP contribution >= 0.6 is 0 Å². The molecular weight excluding hydrogens is 474 g/mol. The van der Waals surface area contributed by atoms with Crippen LogP contribution in [0.15, 0.2) is 53.7 Å². The number of hydrogen-bond donors (Lipinski definition) is 3. The first-order chi connectivity index (χ1) is 17.2. The van der Waals surface area contributed by atoms with E-state index in [1.807, 2.05) is 6.92 Å². The third-order valence-electron chi connectivity index (χ3n) is 5.47. The SMILES string of the molecule is CCCN1C(=O)N[C@H](c2ccc(NC(=O)Nc3ccc(F)cc3F)cc2)C(C(=O)OCCOC)=C1C. The number of rotatable bonds is 9. The van der Waals surface area contributed by atoms with Crippen molar-refractivity contribution in [2.24, 2.45) is 0 Å². The highest BCUT2D eigenvalue weighted by molar-refractivity contribution is 6.00. The van der Waals surface area contributed by atoms with E-state index in [-0.39, 0.29) is 24.9 Å². The minimum Gasteiger partial charge on any atom is -0.460 e. The number of nitrogens with one attached hydrogen (secondary N) is 3. The van der Waals surface area contributed by atoms with Crippen molar-refractivity contribution in [3.8, 4) is 0 Å². The van der Waals surface area contributed by atoms with Gasteiger partial charge in [-0.3, -0.25) is 4.90 Å². The Bertz CT molecular complexity index is 1150. The van der Waals surface area contributed by atoms with E-state index in [0.717, 1.165) is 12.1 Å². The average Bonchev–Trinajstić information content (AvgIpc) is 2.83. The molecule has 0 radical (unpaired) electrons. The molecule has 2 aromatic rings. The van der Waals surface area contributed by atoms with Crippen LogP contribution in [0.25, 0.3) is 0 Å². The van der Waals surface area contributed by atoms with E-state index in [1.165, 1.54) is 12.0 Å². The highest BCUT2D eigenvalue weighted by Crippen LogP contribution is 2.32. The lowest BCUT2D eigenvalue weighted by Crippen LogP contribution is -2.48. The van der Waals surface area contributed by atoms with Crippen LogP contribution in [0, 0.1) is 11.6 Å². The number of methoxy groups -OCH3 is 1. The van der Waals surface area contributed by atoms with Crippen molar-refractivity contribution in [3.63, 3.8) is 0 Å². The Morgan fingerprint density at radius 1 is 1.08 bits per heavy atom. The Labute approximate surface area is 207 Å². The molecule has 2 aromatic carbocycles. The summed E-state index contributed by atoms with van der Waals surface area (Å²) in [4.78, 5) is 39.4. The Kier molecular flexibility index (Phi) is 8.96. The van der Waals surface area contributed by atoms with Crippen molar-refractivity contribution >= 4 is 29.4 Å². The summed E-state index contributed by atoms with van der Waals surface area (Å²) in [6.45, 7) is 4.36. The maximum absolute atomic E-state index is 13.8. The van der Waals surface area contributed by atoms with Gasteiger partial charge in [-0.2, -0.15) is 0 Å². The minimum atomic E-state index is -0.905. The van der Waals surface area contributed by atoms with Crippen LogP contribution in [-0.2, 0) is 14.3 Å². The molecule has 0 unspecified atom stereocenters. The summed E-state index contributed by atoms with van der Waals surface area (Å²) in [6.07, 6.45) is 0.700. The van der Waals surface area contributed by atoms with E-state index in [0.29, 0.717) is 41.6 Å². The fraction of sp³-hybridized carbons (Fsp3) is 0.320. The molecule has 0 saturated heterocycles. The van der Waals surface area contributed by atoms with Crippen molar-refractivity contribution in [2.45, 2.75) is 26.3 Å². The Morgan fingerprint density at radius 3 is 2.44 bits per heavy atom. The van der Waals surface area contributed by atoms with Crippen LogP contribution in [0.1, 0.15) is 31.9 Å². The van der Waals surface area contributed by atoms with E-state index in [1.54, 1.807) is 31.2 Å². The van der Waals surface area contributed by atoms with Crippen molar-refractivity contribution in [1.82, 2.24) is 10.2 Å². The van der Waals surface area contributed by atoms with Crippen LogP contribution in [0.4, 0.5) is 29.7 Å². The number of carbonyl (C=O) groups is 3. The largest absolute Gasteiger partial charge is 0.460 e. The van der Waals surface area contributed by atoms with Gasteiger partial charge in [0.15, 0.2) is 0 Å². The molecule has 36 heavy (non-hydrogen) atoms. The molecule has 0 bridgehead atoms. The standard InChI is InChI=1S/C25H28F2N4O5/c1-4-11-31-15(2)21(23(32)36-13-12-35-3)22(30-25(31)34)16-5-8-18(9-6-16)28-24(33)29-20-10-7-17(26)14-19(20)27/h5-10,14,22H,4,11-13H2,1-3H3,(H,30,34)(H2,28,29,33)/t22-/m1/s1. The number of carbonyl (C=O) groups excluding carboxylic acids is 3. The van der Waals surface area contributed by atoms with Gasteiger partial charge in [0, 0.05) is 31.1 Å². The molecule has 192 valence electrons. The lowest BCUT2D eigenvalue weighted by molar-refractivity contribution is -0.140. The lowest BCUT2D eigenvalue weighted by Gasteiger charge is -2.35. The predicted molar refractivity (Wildman–Crippen MR) is 129 cm³/mol. The third-order valence-corrected chi connectivity index (χ3v) is 5.47.